The van der Waals surface area contributed by atoms with E-state index in [9.17, 15) is 0 Å². The van der Waals surface area contributed by atoms with Crippen molar-refractivity contribution in [2.45, 2.75) is 137 Å². The molecular formula is C25H50. The molecule has 1 aliphatic carbocycles. The first-order valence-corrected chi connectivity index (χ1v) is 12.0. The number of hydrogen-bond acceptors (Lipinski definition) is 0. The molecule has 25 heavy (non-hydrogen) atoms. The lowest BCUT2D eigenvalue weighted by molar-refractivity contribution is 0.102. The fourth-order valence-corrected chi connectivity index (χ4v) is 5.28. The van der Waals surface area contributed by atoms with Gasteiger partial charge in [-0.3, -0.25) is 0 Å². The Morgan fingerprint density at radius 3 is 2.24 bits per heavy atom. The van der Waals surface area contributed by atoms with Crippen molar-refractivity contribution in [3.63, 3.8) is 0 Å². The maximum Gasteiger partial charge on any atom is -0.0298 e. The Kier molecular flexibility index (Phi) is 12.2. The van der Waals surface area contributed by atoms with Crippen LogP contribution in [-0.2, 0) is 0 Å². The lowest BCUT2D eigenvalue weighted by Crippen LogP contribution is -2.30. The van der Waals surface area contributed by atoms with E-state index in [1.165, 1.54) is 103 Å². The molecule has 1 rings (SSSR count). The molecule has 0 N–H and O–H groups in total. The smallest absolute Gasteiger partial charge is 0.0298 e. The standard InChI is InChI=1S/C25H50/c1-6-8-9-10-14-18-24(16-7-2)19-21-25(5)20-15-12-11-13-17-22(3)23(25)4/h22-24H,6-21H2,1-5H3. The number of unbranched alkanes of at least 4 members (excludes halogenated alkanes) is 4. The van der Waals surface area contributed by atoms with E-state index in [1.54, 1.807) is 0 Å². The molecule has 0 spiro atoms. The third-order valence-corrected chi connectivity index (χ3v) is 7.65. The van der Waals surface area contributed by atoms with Crippen LogP contribution in [0.15, 0.2) is 0 Å². The summed E-state index contributed by atoms with van der Waals surface area (Å²) in [6.07, 6.45) is 23.4. The molecule has 150 valence electrons. The summed E-state index contributed by atoms with van der Waals surface area (Å²) in [5.41, 5.74) is 0.595. The predicted octanol–water partition coefficient (Wildman–Crippen LogP) is 9.18. The maximum absolute atomic E-state index is 2.64. The second-order valence-electron chi connectivity index (χ2n) is 9.77. The Labute approximate surface area is 160 Å². The quantitative estimate of drug-likeness (QED) is 0.326. The zero-order chi connectivity index (χ0) is 18.5. The highest BCUT2D eigenvalue weighted by atomic mass is 14.4. The van der Waals surface area contributed by atoms with E-state index in [2.05, 4.69) is 34.6 Å². The van der Waals surface area contributed by atoms with Crippen LogP contribution in [0.1, 0.15) is 137 Å². The molecule has 1 saturated carbocycles. The second-order valence-corrected chi connectivity index (χ2v) is 9.77. The van der Waals surface area contributed by atoms with E-state index in [-0.39, 0.29) is 0 Å². The van der Waals surface area contributed by atoms with Gasteiger partial charge in [-0.05, 0) is 42.4 Å². The Morgan fingerprint density at radius 1 is 0.800 bits per heavy atom. The normalized spacial score (nSPS) is 29.6. The van der Waals surface area contributed by atoms with Gasteiger partial charge in [0, 0.05) is 0 Å². The predicted molar refractivity (Wildman–Crippen MR) is 115 cm³/mol. The summed E-state index contributed by atoms with van der Waals surface area (Å²) in [6.45, 7) is 12.5. The lowest BCUT2D eigenvalue weighted by Gasteiger charge is -2.40. The van der Waals surface area contributed by atoms with Crippen LogP contribution in [-0.4, -0.2) is 0 Å². The summed E-state index contributed by atoms with van der Waals surface area (Å²) in [4.78, 5) is 0. The van der Waals surface area contributed by atoms with Gasteiger partial charge in [-0.2, -0.15) is 0 Å². The van der Waals surface area contributed by atoms with Crippen molar-refractivity contribution in [2.24, 2.45) is 23.2 Å². The van der Waals surface area contributed by atoms with E-state index in [4.69, 9.17) is 0 Å². The van der Waals surface area contributed by atoms with Gasteiger partial charge in [0.15, 0.2) is 0 Å². The van der Waals surface area contributed by atoms with Crippen LogP contribution in [0.5, 0.6) is 0 Å². The van der Waals surface area contributed by atoms with Crippen LogP contribution < -0.4 is 0 Å². The zero-order valence-electron chi connectivity index (χ0n) is 18.5. The van der Waals surface area contributed by atoms with Gasteiger partial charge in [-0.15, -0.1) is 0 Å². The zero-order valence-corrected chi connectivity index (χ0v) is 18.5. The highest BCUT2D eigenvalue weighted by molar-refractivity contribution is 4.85. The molecule has 0 bridgehead atoms. The van der Waals surface area contributed by atoms with Crippen molar-refractivity contribution in [1.82, 2.24) is 0 Å². The van der Waals surface area contributed by atoms with Crippen LogP contribution in [0.4, 0.5) is 0 Å². The van der Waals surface area contributed by atoms with Crippen LogP contribution >= 0.6 is 0 Å². The summed E-state index contributed by atoms with van der Waals surface area (Å²) in [6, 6.07) is 0. The van der Waals surface area contributed by atoms with Gasteiger partial charge in [0.2, 0.25) is 0 Å². The Morgan fingerprint density at radius 2 is 1.52 bits per heavy atom. The monoisotopic (exact) mass is 350 g/mol. The van der Waals surface area contributed by atoms with E-state index >= 15 is 0 Å². The van der Waals surface area contributed by atoms with Gasteiger partial charge in [0.05, 0.1) is 0 Å². The first-order valence-electron chi connectivity index (χ1n) is 12.0. The van der Waals surface area contributed by atoms with E-state index in [0.29, 0.717) is 5.41 Å². The lowest BCUT2D eigenvalue weighted by atomic mass is 9.65. The van der Waals surface area contributed by atoms with E-state index in [0.717, 1.165) is 17.8 Å². The fourth-order valence-electron chi connectivity index (χ4n) is 5.28. The average Bonchev–Trinajstić information content (AvgIpc) is 2.66. The van der Waals surface area contributed by atoms with Gasteiger partial charge in [-0.25, -0.2) is 0 Å². The molecular weight excluding hydrogens is 300 g/mol. The molecule has 4 unspecified atom stereocenters. The van der Waals surface area contributed by atoms with Crippen molar-refractivity contribution < 1.29 is 0 Å². The van der Waals surface area contributed by atoms with Crippen LogP contribution in [0, 0.1) is 23.2 Å². The molecule has 0 aromatic rings. The first kappa shape index (κ1) is 23.0. The molecule has 0 heteroatoms. The molecule has 0 amide bonds. The second kappa shape index (κ2) is 13.2. The molecule has 1 fully saturated rings. The van der Waals surface area contributed by atoms with Crippen LogP contribution in [0.25, 0.3) is 0 Å². The van der Waals surface area contributed by atoms with Crippen molar-refractivity contribution in [2.75, 3.05) is 0 Å². The molecule has 0 saturated heterocycles. The van der Waals surface area contributed by atoms with Crippen molar-refractivity contribution >= 4 is 0 Å². The molecule has 0 nitrogen and oxygen atoms in total. The maximum atomic E-state index is 2.64. The number of hydrogen-bond donors (Lipinski definition) is 0. The molecule has 0 heterocycles. The van der Waals surface area contributed by atoms with Crippen molar-refractivity contribution in [3.8, 4) is 0 Å². The molecule has 0 aromatic heterocycles. The van der Waals surface area contributed by atoms with E-state index < -0.39 is 0 Å². The molecule has 0 radical (unpaired) electrons. The summed E-state index contributed by atoms with van der Waals surface area (Å²) >= 11 is 0. The SMILES string of the molecule is CCCCCCCC(CCC)CCC1(C)CCCCCCC(C)C1C. The Hall–Kier alpha value is 0. The molecule has 0 aliphatic heterocycles. The minimum atomic E-state index is 0.595. The van der Waals surface area contributed by atoms with Crippen LogP contribution in [0.2, 0.25) is 0 Å². The average molecular weight is 351 g/mol. The van der Waals surface area contributed by atoms with Gasteiger partial charge < -0.3 is 0 Å². The third-order valence-electron chi connectivity index (χ3n) is 7.65. The van der Waals surface area contributed by atoms with Gasteiger partial charge >= 0.3 is 0 Å². The third kappa shape index (κ3) is 8.96. The Bertz CT molecular complexity index is 307. The highest BCUT2D eigenvalue weighted by Gasteiger charge is 2.34. The van der Waals surface area contributed by atoms with Gasteiger partial charge in [-0.1, -0.05) is 118 Å². The molecule has 4 atom stereocenters. The minimum absolute atomic E-state index is 0.595. The first-order chi connectivity index (χ1) is 12.0. The summed E-state index contributed by atoms with van der Waals surface area (Å²) < 4.78 is 0. The van der Waals surface area contributed by atoms with E-state index in [1.807, 2.05) is 0 Å². The van der Waals surface area contributed by atoms with Crippen LogP contribution in [0.3, 0.4) is 0 Å². The van der Waals surface area contributed by atoms with Crippen molar-refractivity contribution in [3.05, 3.63) is 0 Å². The summed E-state index contributed by atoms with van der Waals surface area (Å²) in [5.74, 6) is 2.82. The topological polar surface area (TPSA) is 0 Å². The summed E-state index contributed by atoms with van der Waals surface area (Å²) in [7, 11) is 0. The van der Waals surface area contributed by atoms with Gasteiger partial charge in [0.25, 0.3) is 0 Å². The summed E-state index contributed by atoms with van der Waals surface area (Å²) in [5, 5.41) is 0. The van der Waals surface area contributed by atoms with Crippen molar-refractivity contribution in [1.29, 1.82) is 0 Å². The highest BCUT2D eigenvalue weighted by Crippen LogP contribution is 2.45. The fraction of sp³-hybridized carbons (Fsp3) is 1.00. The van der Waals surface area contributed by atoms with Gasteiger partial charge in [0.1, 0.15) is 0 Å². The minimum Gasteiger partial charge on any atom is -0.0654 e. The molecule has 1 aliphatic rings. The largest absolute Gasteiger partial charge is 0.0654 e. The Balaban J connectivity index is 2.51. The molecule has 0 aromatic carbocycles. The number of rotatable bonds is 11.